The van der Waals surface area contributed by atoms with Crippen molar-refractivity contribution in [2.45, 2.75) is 128 Å². The number of benzene rings is 3. The average molecular weight is 1570 g/mol. The highest BCUT2D eigenvalue weighted by Gasteiger charge is 2.54. The van der Waals surface area contributed by atoms with E-state index in [1.54, 1.807) is 39.6 Å². The van der Waals surface area contributed by atoms with Gasteiger partial charge in [0.15, 0.2) is 26.9 Å². The fourth-order valence-electron chi connectivity index (χ4n) is 17.8. The molecule has 15 rings (SSSR count). The second kappa shape index (κ2) is 30.9. The van der Waals surface area contributed by atoms with Gasteiger partial charge in [0.1, 0.15) is 34.5 Å². The van der Waals surface area contributed by atoms with Crippen LogP contribution in [0.25, 0.3) is 0 Å². The van der Waals surface area contributed by atoms with Crippen LogP contribution in [0.1, 0.15) is 173 Å². The number of aromatic amines is 3. The summed E-state index contributed by atoms with van der Waals surface area (Å²) in [7, 11) is 0.518. The van der Waals surface area contributed by atoms with Crippen LogP contribution < -0.4 is 31.1 Å². The lowest BCUT2D eigenvalue weighted by atomic mass is 9.71. The molecule has 3 aromatic heterocycles. The largest absolute Gasteiger partial charge is 0.364 e. The summed E-state index contributed by atoms with van der Waals surface area (Å²) in [6.07, 6.45) is 14.5. The average Bonchev–Trinajstić information content (AvgIpc) is 1.61. The van der Waals surface area contributed by atoms with E-state index in [0.29, 0.717) is 146 Å². The van der Waals surface area contributed by atoms with Gasteiger partial charge in [-0.25, -0.2) is 36.5 Å². The number of anilines is 3. The van der Waals surface area contributed by atoms with Crippen molar-refractivity contribution >= 4 is 115 Å². The highest BCUT2D eigenvalue weighted by molar-refractivity contribution is 7.91. The van der Waals surface area contributed by atoms with E-state index >= 15 is 0 Å². The zero-order chi connectivity index (χ0) is 76.9. The summed E-state index contributed by atoms with van der Waals surface area (Å²) >= 11 is 18.6. The molecule has 3 aliphatic carbocycles. The zero-order valence-corrected chi connectivity index (χ0v) is 63.1. The number of primary amides is 1. The highest BCUT2D eigenvalue weighted by Crippen LogP contribution is 2.51. The minimum Gasteiger partial charge on any atom is -0.364 e. The van der Waals surface area contributed by atoms with Gasteiger partial charge in [-0.1, -0.05) is 41.7 Å². The van der Waals surface area contributed by atoms with Crippen molar-refractivity contribution in [3.63, 3.8) is 0 Å². The molecule has 3 aromatic carbocycles. The van der Waals surface area contributed by atoms with Crippen LogP contribution in [0.2, 0.25) is 15.1 Å². The quantitative estimate of drug-likeness (QED) is 0.0668. The van der Waals surface area contributed by atoms with Gasteiger partial charge >= 0.3 is 0 Å². The van der Waals surface area contributed by atoms with Gasteiger partial charge in [0.2, 0.25) is 17.7 Å². The SMILES string of the molecule is CC1CN(C(=O)c2nc[nH]c2C(=O)N[C@H]2CC[C@@]3(CCN(c4ccc(F)cc4Cl)C3=O)CC2)CCS(=O)(=O)C1.CN(C(=O)c1nc[nH]c1C(N)=O)[C@H]1CC[C@]2(CCN(c3ccc(F)cc3Cl)C2=O)CC1.CN1CC2(CCN(C(=O)c3nc[nH]c3C(=O)N[C@H]3CC[C@@]4(CCN(c5ccc(F)cc5Cl)C4=O)CC3)C2)C1. The van der Waals surface area contributed by atoms with Gasteiger partial charge in [0.25, 0.3) is 35.4 Å². The van der Waals surface area contributed by atoms with Crippen molar-refractivity contribution in [3.8, 4) is 0 Å². The maximum Gasteiger partial charge on any atom is 0.274 e. The Morgan fingerprint density at radius 2 is 0.944 bits per heavy atom. The molecule has 7 N–H and O–H groups in total. The van der Waals surface area contributed by atoms with Crippen LogP contribution in [0.15, 0.2) is 73.6 Å². The van der Waals surface area contributed by atoms with E-state index in [4.69, 9.17) is 40.5 Å². The molecule has 1 unspecified atom stereocenters. The molecule has 9 heterocycles. The third kappa shape index (κ3) is 15.6. The topological polar surface area (TPSA) is 347 Å². The van der Waals surface area contributed by atoms with Crippen molar-refractivity contribution < 1.29 is 64.7 Å². The van der Waals surface area contributed by atoms with Crippen LogP contribution in [0.4, 0.5) is 30.2 Å². The number of carbonyl (C=O) groups is 9. The molecule has 0 radical (unpaired) electrons. The molecule has 9 fully saturated rings. The maximum atomic E-state index is 13.5. The zero-order valence-electron chi connectivity index (χ0n) is 60.0. The Labute approximate surface area is 636 Å². The van der Waals surface area contributed by atoms with Gasteiger partial charge < -0.3 is 65.6 Å². The van der Waals surface area contributed by atoms with Crippen LogP contribution in [-0.4, -0.2) is 214 Å². The van der Waals surface area contributed by atoms with E-state index in [1.807, 2.05) is 4.90 Å². The fourth-order valence-corrected chi connectivity index (χ4v) is 20.2. The Bertz CT molecular complexity index is 4640. The smallest absolute Gasteiger partial charge is 0.274 e. The number of rotatable bonds is 12. The molecule has 6 saturated heterocycles. The van der Waals surface area contributed by atoms with E-state index < -0.39 is 61.3 Å². The molecule has 3 saturated carbocycles. The number of nitrogens with one attached hydrogen (secondary N) is 5. The van der Waals surface area contributed by atoms with Crippen molar-refractivity contribution in [1.29, 1.82) is 0 Å². The minimum absolute atomic E-state index is 0.00301. The van der Waals surface area contributed by atoms with Crippen LogP contribution >= 0.6 is 34.8 Å². The number of hydrogen-bond acceptors (Lipinski definition) is 15. The summed E-state index contributed by atoms with van der Waals surface area (Å²) < 4.78 is 64.5. The monoisotopic (exact) mass is 1570 g/mol. The molecule has 1 atom stereocenters. The third-order valence-electron chi connectivity index (χ3n) is 23.7. The predicted molar refractivity (Wildman–Crippen MR) is 395 cm³/mol. The molecule has 34 heteroatoms. The molecule has 6 aliphatic heterocycles. The second-order valence-corrected chi connectivity index (χ2v) is 34.2. The number of amides is 9. The Balaban J connectivity index is 0.000000144. The minimum atomic E-state index is -3.24. The van der Waals surface area contributed by atoms with E-state index in [0.717, 1.165) is 19.5 Å². The van der Waals surface area contributed by atoms with E-state index in [-0.39, 0.29) is 139 Å². The first-order valence-electron chi connectivity index (χ1n) is 36.5. The van der Waals surface area contributed by atoms with Crippen molar-refractivity contribution in [1.82, 2.24) is 60.1 Å². The number of nitrogens with two attached hydrogens (primary N) is 1. The summed E-state index contributed by atoms with van der Waals surface area (Å²) in [5.41, 5.74) is 5.85. The normalized spacial score (nSPS) is 25.9. The number of halogens is 6. The van der Waals surface area contributed by atoms with E-state index in [2.05, 4.69) is 52.5 Å². The first-order chi connectivity index (χ1) is 51.4. The summed E-state index contributed by atoms with van der Waals surface area (Å²) in [6.45, 7) is 7.02. The number of carbonyl (C=O) groups excluding carboxylic acids is 9. The number of sulfone groups is 1. The van der Waals surface area contributed by atoms with Crippen LogP contribution in [0.5, 0.6) is 0 Å². The standard InChI is InChI=1S/C27H32ClFN6O3.C26H31ClFN5O5S.C21H23ClFN5O3/c1-33-13-26(14-33)8-10-34(15-26)24(37)22-21(30-16-31-22)23(36)32-18-4-6-27(7-5-18)9-11-35(25(27)38)20-3-2-17(29)12-19(20)28;1-16-13-32(10-11-39(37,38)14-16)24(35)22-21(29-15-30-22)23(34)31-18-4-6-26(7-5-18)8-9-33(25(26)36)20-3-2-17(28)12-19(20)27;1-27(19(30)17-16(18(24)29)25-11-26-17)13-4-6-21(7-5-13)8-9-28(20(21)31)15-3-2-12(23)10-14(15)22/h2-3,12,16,18H,4-11,13-15H2,1H3,(H,30,31)(H,32,36);2-3,12,15-16,18H,4-11,13-14H2,1H3,(H,29,30)(H,31,34);2-3,10-11,13H,4-9H2,1H3,(H2,24,29)(H,25,26)/t18-,27-;16?,18-,26-;13-,21+. The van der Waals surface area contributed by atoms with Gasteiger partial charge in [0.05, 0.1) is 78.9 Å². The number of likely N-dealkylation sites (tertiary alicyclic amines) is 2. The summed E-state index contributed by atoms with van der Waals surface area (Å²) in [5.74, 6) is -4.32. The first-order valence-corrected chi connectivity index (χ1v) is 39.4. The van der Waals surface area contributed by atoms with Gasteiger partial charge in [-0.2, -0.15) is 0 Å². The lowest BCUT2D eigenvalue weighted by Gasteiger charge is -2.46. The maximum absolute atomic E-state index is 13.5. The van der Waals surface area contributed by atoms with Gasteiger partial charge in [0, 0.05) is 89.5 Å². The number of nitrogens with zero attached hydrogens (tertiary/aromatic N) is 10. The molecule has 108 heavy (non-hydrogen) atoms. The van der Waals surface area contributed by atoms with Gasteiger partial charge in [-0.15, -0.1) is 0 Å². The molecule has 576 valence electrons. The first kappa shape index (κ1) is 77.3. The van der Waals surface area contributed by atoms with E-state index in [9.17, 15) is 64.7 Å². The second-order valence-electron chi connectivity index (χ2n) is 30.8. The summed E-state index contributed by atoms with van der Waals surface area (Å²) in [4.78, 5) is 149. The highest BCUT2D eigenvalue weighted by atomic mass is 35.5. The summed E-state index contributed by atoms with van der Waals surface area (Å²) in [6, 6.07) is 11.8. The van der Waals surface area contributed by atoms with Crippen molar-refractivity contribution in [2.24, 2.45) is 33.3 Å². The predicted octanol–water partition coefficient (Wildman–Crippen LogP) is 8.62. The van der Waals surface area contributed by atoms with Gasteiger partial charge in [-0.3, -0.25) is 43.2 Å². The molecule has 4 spiro atoms. The fraction of sp³-hybridized carbons (Fsp3) is 0.514. The Morgan fingerprint density at radius 3 is 1.35 bits per heavy atom. The lowest BCUT2D eigenvalue weighted by molar-refractivity contribution is -0.128. The molecular formula is C74H86Cl3F3N16O11S. The molecule has 0 bridgehead atoms. The number of H-pyrrole nitrogens is 3. The molecule has 27 nitrogen and oxygen atoms in total. The molecule has 9 aliphatic rings. The van der Waals surface area contributed by atoms with Crippen molar-refractivity contribution in [2.75, 3.05) is 99.2 Å². The van der Waals surface area contributed by atoms with E-state index in [1.165, 1.54) is 72.4 Å². The molecule has 6 aromatic rings. The number of hydrogen-bond donors (Lipinski definition) is 6. The Kier molecular flexibility index (Phi) is 22.1. The van der Waals surface area contributed by atoms with Crippen LogP contribution in [0.3, 0.4) is 0 Å². The van der Waals surface area contributed by atoms with Crippen LogP contribution in [-0.2, 0) is 24.2 Å². The van der Waals surface area contributed by atoms with Crippen molar-refractivity contribution in [3.05, 3.63) is 140 Å². The number of aromatic nitrogens is 6. The molecule has 9 amide bonds. The summed E-state index contributed by atoms with van der Waals surface area (Å²) in [5, 5.41) is 6.66. The van der Waals surface area contributed by atoms with Gasteiger partial charge in [-0.05, 0) is 170 Å². The lowest BCUT2D eigenvalue weighted by Crippen LogP contribution is -2.55. The molecular weight excluding hydrogens is 1480 g/mol. The number of imidazole rings is 3. The third-order valence-corrected chi connectivity index (χ3v) is 26.5. The van der Waals surface area contributed by atoms with Crippen LogP contribution in [0, 0.1) is 45.0 Å². The Morgan fingerprint density at radius 1 is 0.546 bits per heavy atom. The Hall–Kier alpha value is -8.91.